The molecule has 0 bridgehead atoms. The summed E-state index contributed by atoms with van der Waals surface area (Å²) in [5.74, 6) is -8.31. The van der Waals surface area contributed by atoms with Gasteiger partial charge in [-0.15, -0.1) is 0 Å². The van der Waals surface area contributed by atoms with Crippen molar-refractivity contribution in [2.75, 3.05) is 4.90 Å². The lowest BCUT2D eigenvalue weighted by atomic mass is 9.99. The van der Waals surface area contributed by atoms with E-state index in [1.54, 1.807) is 12.1 Å². The minimum absolute atomic E-state index is 0.0430. The molecule has 1 atom stereocenters. The average molecular weight is 523 g/mol. The number of aryl methyl sites for hydroxylation is 1. The third kappa shape index (κ3) is 3.28. The second-order valence-electron chi connectivity index (χ2n) is 6.36. The first kappa shape index (κ1) is 21.0. The molecule has 0 amide bonds. The summed E-state index contributed by atoms with van der Waals surface area (Å²) in [5.41, 5.74) is 0.156. The molecule has 148 valence electrons. The van der Waals surface area contributed by atoms with E-state index in [0.29, 0.717) is 14.6 Å². The summed E-state index contributed by atoms with van der Waals surface area (Å²) in [6.07, 6.45) is 1.61. The van der Waals surface area contributed by atoms with Gasteiger partial charge in [0.1, 0.15) is 6.04 Å². The topological polar surface area (TPSA) is 37.4 Å². The summed E-state index contributed by atoms with van der Waals surface area (Å²) in [6.45, 7) is 1.59. The van der Waals surface area contributed by atoms with E-state index in [9.17, 15) is 27.2 Å². The number of ketones is 1. The van der Waals surface area contributed by atoms with Crippen LogP contribution in [-0.4, -0.2) is 12.1 Å². The number of halogens is 6. The van der Waals surface area contributed by atoms with Crippen LogP contribution in [0.2, 0.25) is 0 Å². The third-order valence-corrected chi connectivity index (χ3v) is 5.82. The highest BCUT2D eigenvalue weighted by atomic mass is 79.9. The molecule has 1 aliphatic heterocycles. The third-order valence-electron chi connectivity index (χ3n) is 4.61. The summed E-state index contributed by atoms with van der Waals surface area (Å²) >= 11 is 6.76. The molecule has 2 aromatic rings. The van der Waals surface area contributed by atoms with Crippen molar-refractivity contribution in [2.24, 2.45) is 0 Å². The van der Waals surface area contributed by atoms with Crippen molar-refractivity contribution in [3.63, 3.8) is 0 Å². The zero-order valence-electron chi connectivity index (χ0n) is 14.5. The van der Waals surface area contributed by atoms with Gasteiger partial charge in [-0.25, -0.2) is 17.6 Å². The Morgan fingerprint density at radius 3 is 2.21 bits per heavy atom. The molecule has 0 aromatic heterocycles. The lowest BCUT2D eigenvalue weighted by Crippen LogP contribution is -2.30. The number of carbonyl (C=O) groups is 2. The summed E-state index contributed by atoms with van der Waals surface area (Å²) in [4.78, 5) is 24.7. The quantitative estimate of drug-likeness (QED) is 0.170. The Bertz CT molecular complexity index is 974. The molecule has 2 aromatic carbocycles. The Morgan fingerprint density at radius 1 is 1.11 bits per heavy atom. The van der Waals surface area contributed by atoms with E-state index in [1.165, 1.54) is 4.90 Å². The maximum atomic E-state index is 14.4. The first-order valence-corrected chi connectivity index (χ1v) is 9.89. The summed E-state index contributed by atoms with van der Waals surface area (Å²) < 4.78 is 57.2. The van der Waals surface area contributed by atoms with Crippen molar-refractivity contribution >= 4 is 49.6 Å². The van der Waals surface area contributed by atoms with Crippen LogP contribution in [-0.2, 0) is 22.6 Å². The van der Waals surface area contributed by atoms with Crippen molar-refractivity contribution < 1.29 is 27.2 Å². The zero-order valence-corrected chi connectivity index (χ0v) is 17.6. The molecular formula is C19H13Br2F4NO2. The van der Waals surface area contributed by atoms with Gasteiger partial charge in [-0.1, -0.05) is 13.3 Å². The molecule has 0 spiro atoms. The van der Waals surface area contributed by atoms with Crippen LogP contribution in [0.1, 0.15) is 36.1 Å². The van der Waals surface area contributed by atoms with Crippen LogP contribution in [0.5, 0.6) is 0 Å². The molecule has 9 heteroatoms. The van der Waals surface area contributed by atoms with E-state index in [2.05, 4.69) is 31.9 Å². The lowest BCUT2D eigenvalue weighted by molar-refractivity contribution is -0.130. The molecule has 3 nitrogen and oxygen atoms in total. The number of aldehydes is 1. The molecule has 0 saturated heterocycles. The van der Waals surface area contributed by atoms with Gasteiger partial charge in [-0.3, -0.25) is 9.59 Å². The van der Waals surface area contributed by atoms with Gasteiger partial charge in [0.25, 0.3) is 0 Å². The van der Waals surface area contributed by atoms with Gasteiger partial charge >= 0.3 is 0 Å². The molecule has 0 radical (unpaired) electrons. The summed E-state index contributed by atoms with van der Waals surface area (Å²) in [6, 6.07) is 1.95. The van der Waals surface area contributed by atoms with Gasteiger partial charge in [-0.05, 0) is 56.0 Å². The van der Waals surface area contributed by atoms with Gasteiger partial charge < -0.3 is 4.90 Å². The van der Waals surface area contributed by atoms with Crippen LogP contribution in [0.3, 0.4) is 0 Å². The average Bonchev–Trinajstić information content (AvgIpc) is 3.04. The zero-order chi connectivity index (χ0) is 20.7. The highest BCUT2D eigenvalue weighted by Crippen LogP contribution is 2.47. The fourth-order valence-corrected chi connectivity index (χ4v) is 5.18. The van der Waals surface area contributed by atoms with Crippen LogP contribution in [0.25, 0.3) is 0 Å². The number of benzene rings is 2. The Labute approximate surface area is 175 Å². The monoisotopic (exact) mass is 521 g/mol. The van der Waals surface area contributed by atoms with E-state index < -0.39 is 52.8 Å². The van der Waals surface area contributed by atoms with E-state index >= 15 is 0 Å². The van der Waals surface area contributed by atoms with E-state index in [-0.39, 0.29) is 6.29 Å². The minimum atomic E-state index is -2.02. The van der Waals surface area contributed by atoms with Crippen molar-refractivity contribution in [2.45, 2.75) is 32.4 Å². The molecule has 1 heterocycles. The number of hydrogen-bond donors (Lipinski definition) is 0. The minimum Gasteiger partial charge on any atom is -0.351 e. The Hall–Kier alpha value is -1.74. The second-order valence-corrected chi connectivity index (χ2v) is 8.07. The number of hydrogen-bond acceptors (Lipinski definition) is 3. The second kappa shape index (κ2) is 7.94. The molecule has 1 aliphatic rings. The first-order chi connectivity index (χ1) is 13.2. The van der Waals surface area contributed by atoms with Gasteiger partial charge in [-0.2, -0.15) is 0 Å². The maximum absolute atomic E-state index is 14.4. The Morgan fingerprint density at radius 2 is 1.68 bits per heavy atom. The smallest absolute Gasteiger partial charge is 0.222 e. The molecule has 1 unspecified atom stereocenters. The van der Waals surface area contributed by atoms with Gasteiger partial charge in [0, 0.05) is 26.6 Å². The van der Waals surface area contributed by atoms with Crippen LogP contribution < -0.4 is 4.90 Å². The van der Waals surface area contributed by atoms with E-state index in [4.69, 9.17) is 0 Å². The van der Waals surface area contributed by atoms with E-state index in [0.717, 1.165) is 18.4 Å². The van der Waals surface area contributed by atoms with Crippen molar-refractivity contribution in [1.29, 1.82) is 0 Å². The molecule has 0 aliphatic carbocycles. The SMILES string of the molecule is CCCc1cc(Br)c(N2Cc3c(F)c(F)c(F)c(F)c3C2C(=O)C=O)c(Br)c1. The van der Waals surface area contributed by atoms with E-state index in [1.807, 2.05) is 6.92 Å². The number of rotatable bonds is 5. The molecular weight excluding hydrogens is 510 g/mol. The number of Topliss-reactive ketones (excluding diaryl/α,β-unsaturated/α-hetero) is 1. The first-order valence-electron chi connectivity index (χ1n) is 8.31. The molecule has 0 saturated carbocycles. The Balaban J connectivity index is 2.23. The van der Waals surface area contributed by atoms with Crippen LogP contribution in [0, 0.1) is 23.3 Å². The Kier molecular flexibility index (Phi) is 5.95. The van der Waals surface area contributed by atoms with Crippen LogP contribution in [0.4, 0.5) is 23.2 Å². The molecule has 0 fully saturated rings. The predicted molar refractivity (Wildman–Crippen MR) is 102 cm³/mol. The largest absolute Gasteiger partial charge is 0.351 e. The number of carbonyl (C=O) groups excluding carboxylic acids is 2. The molecule has 3 rings (SSSR count). The fourth-order valence-electron chi connectivity index (χ4n) is 3.45. The van der Waals surface area contributed by atoms with Crippen molar-refractivity contribution in [3.8, 4) is 0 Å². The van der Waals surface area contributed by atoms with Crippen LogP contribution in [0.15, 0.2) is 21.1 Å². The highest BCUT2D eigenvalue weighted by Gasteiger charge is 2.43. The van der Waals surface area contributed by atoms with Crippen molar-refractivity contribution in [3.05, 3.63) is 61.0 Å². The number of anilines is 1. The molecule has 28 heavy (non-hydrogen) atoms. The highest BCUT2D eigenvalue weighted by molar-refractivity contribution is 9.11. The van der Waals surface area contributed by atoms with Gasteiger partial charge in [0.05, 0.1) is 5.69 Å². The fraction of sp³-hybridized carbons (Fsp3) is 0.263. The van der Waals surface area contributed by atoms with Gasteiger partial charge in [0.2, 0.25) is 5.78 Å². The predicted octanol–water partition coefficient (Wildman–Crippen LogP) is 5.55. The van der Waals surface area contributed by atoms with Gasteiger partial charge in [0.15, 0.2) is 29.6 Å². The standard InChI is InChI=1S/C19H13Br2F4NO2/c1-2-3-8-4-10(20)18(11(21)5-8)26-6-9-13(19(26)12(28)7-27)15(23)17(25)16(24)14(9)22/h4-5,7,19H,2-3,6H2,1H3. The van der Waals surface area contributed by atoms with Crippen LogP contribution >= 0.6 is 31.9 Å². The van der Waals surface area contributed by atoms with Crippen molar-refractivity contribution in [1.82, 2.24) is 0 Å². The number of fused-ring (bicyclic) bond motifs is 1. The number of nitrogens with zero attached hydrogens (tertiary/aromatic N) is 1. The lowest BCUT2D eigenvalue weighted by Gasteiger charge is -2.27. The normalized spacial score (nSPS) is 15.7. The summed E-state index contributed by atoms with van der Waals surface area (Å²) in [5, 5.41) is 0. The maximum Gasteiger partial charge on any atom is 0.222 e. The summed E-state index contributed by atoms with van der Waals surface area (Å²) in [7, 11) is 0. The molecule has 0 N–H and O–H groups in total.